The number of benzene rings is 2. The minimum Gasteiger partial charge on any atom is -0.460 e. The molecule has 1 saturated heterocycles. The molecule has 3 unspecified atom stereocenters. The Morgan fingerprint density at radius 1 is 1.12 bits per heavy atom. The molecule has 18 heteroatoms. The number of likely N-dealkylation sites (tertiary alicyclic amines) is 1. The van der Waals surface area contributed by atoms with Crippen molar-refractivity contribution < 1.29 is 42.2 Å². The zero-order valence-electron chi connectivity index (χ0n) is 37.0. The van der Waals surface area contributed by atoms with Crippen LogP contribution in [0.2, 0.25) is 0 Å². The number of nitrogens with zero attached hydrogens (tertiary/aromatic N) is 5. The van der Waals surface area contributed by atoms with E-state index in [-0.39, 0.29) is 54.1 Å². The molecule has 0 bridgehead atoms. The molecule has 5 heterocycles. The molecule has 4 N–H and O–H groups in total. The van der Waals surface area contributed by atoms with Crippen molar-refractivity contribution in [3.05, 3.63) is 96.0 Å². The summed E-state index contributed by atoms with van der Waals surface area (Å²) in [7, 11) is 2.49. The van der Waals surface area contributed by atoms with Crippen molar-refractivity contribution in [2.45, 2.75) is 78.7 Å². The molecule has 0 saturated carbocycles. The summed E-state index contributed by atoms with van der Waals surface area (Å²) in [5.41, 5.74) is 5.32. The van der Waals surface area contributed by atoms with Gasteiger partial charge in [0.15, 0.2) is 0 Å². The second-order valence-corrected chi connectivity index (χ2v) is 16.1. The number of oxazole rings is 1. The fourth-order valence-electron chi connectivity index (χ4n) is 8.27. The van der Waals surface area contributed by atoms with E-state index in [1.165, 1.54) is 26.5 Å². The van der Waals surface area contributed by atoms with E-state index in [0.717, 1.165) is 22.9 Å². The third kappa shape index (κ3) is 9.16. The summed E-state index contributed by atoms with van der Waals surface area (Å²) in [5.74, 6) is -0.0884. The summed E-state index contributed by atoms with van der Waals surface area (Å²) >= 11 is 0. The fourth-order valence-corrected chi connectivity index (χ4v) is 8.27. The van der Waals surface area contributed by atoms with Crippen molar-refractivity contribution in [2.75, 3.05) is 33.9 Å². The Morgan fingerprint density at radius 2 is 1.91 bits per heavy atom. The number of halogens is 1. The second-order valence-electron chi connectivity index (χ2n) is 16.1. The zero-order chi connectivity index (χ0) is 45.8. The van der Waals surface area contributed by atoms with Crippen molar-refractivity contribution >= 4 is 40.6 Å². The number of aryl methyl sites for hydroxylation is 1. The van der Waals surface area contributed by atoms with Crippen LogP contribution in [-0.2, 0) is 25.6 Å². The molecule has 2 aromatic carbocycles. The highest BCUT2D eigenvalue weighted by Gasteiger charge is 2.36. The van der Waals surface area contributed by atoms with Gasteiger partial charge in [-0.2, -0.15) is 0 Å². The van der Waals surface area contributed by atoms with Gasteiger partial charge in [-0.25, -0.2) is 23.9 Å². The maximum absolute atomic E-state index is 16.7. The van der Waals surface area contributed by atoms with Gasteiger partial charge in [0.05, 0.1) is 61.2 Å². The SMILES string of the molecule is C=C(N/C(=C\C)c1cc(F)c2c(c1)OC(c1nc(C)co1)n1c-2cc2cc(-c3cnc(CN(CCC)C(=O)C(NC(=O)OC)C(C)C)[nH]3)ccc21)C1CCCN1C(=O)CNC(=O)OC. The number of imidazole rings is 1. The number of ether oxygens (including phenoxy) is 3. The highest BCUT2D eigenvalue weighted by molar-refractivity contribution is 5.93. The van der Waals surface area contributed by atoms with Crippen molar-refractivity contribution in [3.8, 4) is 28.3 Å². The van der Waals surface area contributed by atoms with Gasteiger partial charge >= 0.3 is 12.2 Å². The van der Waals surface area contributed by atoms with Gasteiger partial charge in [-0.05, 0) is 69.4 Å². The van der Waals surface area contributed by atoms with E-state index in [9.17, 15) is 19.2 Å². The molecular weight excluding hydrogens is 826 g/mol. The molecule has 2 aliphatic heterocycles. The van der Waals surface area contributed by atoms with Crippen LogP contribution in [0, 0.1) is 18.7 Å². The Hall–Kier alpha value is -7.11. The van der Waals surface area contributed by atoms with Crippen LogP contribution in [0.1, 0.15) is 76.2 Å². The third-order valence-corrected chi connectivity index (χ3v) is 11.4. The normalized spacial score (nSPS) is 16.1. The summed E-state index contributed by atoms with van der Waals surface area (Å²) in [6, 6.07) is 9.80. The molecule has 3 aromatic heterocycles. The van der Waals surface area contributed by atoms with E-state index < -0.39 is 30.3 Å². The number of rotatable bonds is 15. The number of aromatic nitrogens is 4. The van der Waals surface area contributed by atoms with Crippen LogP contribution in [0.5, 0.6) is 5.75 Å². The number of carbonyl (C=O) groups is 4. The number of aromatic amines is 1. The quantitative estimate of drug-likeness (QED) is 0.0845. The van der Waals surface area contributed by atoms with Gasteiger partial charge in [-0.3, -0.25) is 14.2 Å². The highest BCUT2D eigenvalue weighted by Crippen LogP contribution is 2.46. The summed E-state index contributed by atoms with van der Waals surface area (Å²) in [5, 5.41) is 9.22. The van der Waals surface area contributed by atoms with Crippen LogP contribution in [0.4, 0.5) is 14.0 Å². The number of allylic oxidation sites excluding steroid dienone is 1. The van der Waals surface area contributed by atoms with Crippen molar-refractivity contribution in [2.24, 2.45) is 5.92 Å². The lowest BCUT2D eigenvalue weighted by Crippen LogP contribution is -2.51. The van der Waals surface area contributed by atoms with E-state index in [2.05, 4.69) is 42.2 Å². The summed E-state index contributed by atoms with van der Waals surface area (Å²) in [6.45, 7) is 14.5. The van der Waals surface area contributed by atoms with Crippen LogP contribution < -0.4 is 20.7 Å². The van der Waals surface area contributed by atoms with Gasteiger partial charge in [0.25, 0.3) is 12.1 Å². The van der Waals surface area contributed by atoms with Gasteiger partial charge in [0.2, 0.25) is 11.8 Å². The van der Waals surface area contributed by atoms with Crippen LogP contribution >= 0.6 is 0 Å². The number of methoxy groups -OCH3 is 2. The molecule has 0 aliphatic carbocycles. The van der Waals surface area contributed by atoms with Gasteiger partial charge < -0.3 is 49.4 Å². The molecular formula is C46H54FN9O8. The van der Waals surface area contributed by atoms with E-state index >= 15 is 4.39 Å². The maximum Gasteiger partial charge on any atom is 0.407 e. The van der Waals surface area contributed by atoms with E-state index in [1.54, 1.807) is 28.1 Å². The molecule has 64 heavy (non-hydrogen) atoms. The average molecular weight is 880 g/mol. The lowest BCUT2D eigenvalue weighted by molar-refractivity contribution is -0.135. The topological polar surface area (TPSA) is 198 Å². The summed E-state index contributed by atoms with van der Waals surface area (Å²) in [6.07, 6.45) is 4.90. The molecule has 338 valence electrons. The molecule has 2 aliphatic rings. The lowest BCUT2D eigenvalue weighted by Gasteiger charge is -2.30. The number of nitrogens with one attached hydrogen (secondary N) is 4. The number of alkyl carbamates (subject to hydrolysis) is 2. The number of fused-ring (bicyclic) bond motifs is 5. The fraction of sp³-hybridized carbons (Fsp3) is 0.391. The highest BCUT2D eigenvalue weighted by atomic mass is 19.1. The Bertz CT molecular complexity index is 2610. The van der Waals surface area contributed by atoms with Gasteiger partial charge in [0.1, 0.15) is 36.2 Å². The van der Waals surface area contributed by atoms with E-state index in [4.69, 9.17) is 13.9 Å². The Balaban J connectivity index is 1.17. The number of H-pyrrole nitrogens is 1. The van der Waals surface area contributed by atoms with Crippen LogP contribution in [0.3, 0.4) is 0 Å². The lowest BCUT2D eigenvalue weighted by atomic mass is 10.0. The van der Waals surface area contributed by atoms with Crippen LogP contribution in [0.15, 0.2) is 71.6 Å². The second kappa shape index (κ2) is 19.1. The number of carbonyl (C=O) groups excluding carboxylic acids is 4. The molecule has 5 aromatic rings. The van der Waals surface area contributed by atoms with E-state index in [0.29, 0.717) is 65.8 Å². The Labute approximate surface area is 370 Å². The predicted molar refractivity (Wildman–Crippen MR) is 236 cm³/mol. The predicted octanol–water partition coefficient (Wildman–Crippen LogP) is 7.00. The van der Waals surface area contributed by atoms with Crippen molar-refractivity contribution in [3.63, 3.8) is 0 Å². The first kappa shape index (κ1) is 44.9. The van der Waals surface area contributed by atoms with Crippen molar-refractivity contribution in [1.29, 1.82) is 0 Å². The number of amides is 4. The molecule has 3 atom stereocenters. The van der Waals surface area contributed by atoms with Crippen LogP contribution in [0.25, 0.3) is 39.1 Å². The molecule has 4 amide bonds. The number of hydrogen-bond acceptors (Lipinski definition) is 11. The minimum atomic E-state index is -0.882. The molecule has 7 rings (SSSR count). The first-order chi connectivity index (χ1) is 30.7. The minimum absolute atomic E-state index is 0.176. The molecule has 0 radical (unpaired) electrons. The zero-order valence-corrected chi connectivity index (χ0v) is 37.0. The van der Waals surface area contributed by atoms with Crippen LogP contribution in [-0.4, -0.2) is 99.3 Å². The largest absolute Gasteiger partial charge is 0.460 e. The Morgan fingerprint density at radius 3 is 2.59 bits per heavy atom. The first-order valence-corrected chi connectivity index (χ1v) is 21.2. The Kier molecular flexibility index (Phi) is 13.4. The summed E-state index contributed by atoms with van der Waals surface area (Å²) in [4.78, 5) is 66.2. The molecule has 1 fully saturated rings. The standard InChI is InChI=1S/C46H54FN9O8/c1-9-15-54(43(58)41(25(3)4)53-46(60)62-8)23-38-48-21-33(52-38)28-13-14-35-30(17-28)19-36-40-31(47)18-29(20-37(40)64-44(56(35)36)42-50-26(5)24-63-42)32(10-2)51-27(6)34-12-11-16-55(34)39(57)22-49-45(59)61-7/h10,13-14,17-21,24-25,34,41,44,51H,6,9,11-12,15-16,22-23H2,1-5,7-8H3,(H,48,52)(H,49,59)(H,53,60)/b32-10-. The van der Waals surface area contributed by atoms with Gasteiger partial charge in [-0.1, -0.05) is 39.5 Å². The van der Waals surface area contributed by atoms with Crippen molar-refractivity contribution in [1.82, 2.24) is 45.3 Å². The van der Waals surface area contributed by atoms with E-state index in [1.807, 2.05) is 63.5 Å². The number of hydrogen-bond donors (Lipinski definition) is 4. The smallest absolute Gasteiger partial charge is 0.407 e. The molecule has 0 spiro atoms. The first-order valence-electron chi connectivity index (χ1n) is 21.2. The maximum atomic E-state index is 16.7. The third-order valence-electron chi connectivity index (χ3n) is 11.4. The molecule has 17 nitrogen and oxygen atoms in total. The summed E-state index contributed by atoms with van der Waals surface area (Å²) < 4.78 is 40.5. The van der Waals surface area contributed by atoms with Gasteiger partial charge in [0, 0.05) is 41.0 Å². The van der Waals surface area contributed by atoms with Gasteiger partial charge in [-0.15, -0.1) is 0 Å². The average Bonchev–Trinajstić information content (AvgIpc) is 4.12. The monoisotopic (exact) mass is 879 g/mol.